The van der Waals surface area contributed by atoms with Crippen molar-refractivity contribution in [3.05, 3.63) is 93.0 Å². The lowest BCUT2D eigenvalue weighted by Gasteiger charge is -2.38. The average molecular weight is 636 g/mol. The van der Waals surface area contributed by atoms with Crippen molar-refractivity contribution in [2.45, 2.75) is 51.6 Å². The quantitative estimate of drug-likeness (QED) is 0.208. The Morgan fingerprint density at radius 2 is 1.89 bits per heavy atom. The van der Waals surface area contributed by atoms with Crippen LogP contribution in [0.2, 0.25) is 0 Å². The minimum absolute atomic E-state index is 0.0697. The van der Waals surface area contributed by atoms with Gasteiger partial charge in [0.15, 0.2) is 5.82 Å². The number of hydrogen-bond acceptors (Lipinski definition) is 8. The number of rotatable bonds is 8. The van der Waals surface area contributed by atoms with Gasteiger partial charge in [-0.1, -0.05) is 24.3 Å². The van der Waals surface area contributed by atoms with Crippen LogP contribution in [0.1, 0.15) is 51.0 Å². The summed E-state index contributed by atoms with van der Waals surface area (Å²) in [6.07, 6.45) is -0.678. The van der Waals surface area contributed by atoms with Gasteiger partial charge in [0.2, 0.25) is 5.88 Å². The van der Waals surface area contributed by atoms with Gasteiger partial charge < -0.3 is 14.2 Å². The number of aromatic nitrogens is 3. The van der Waals surface area contributed by atoms with Crippen LogP contribution < -0.4 is 9.47 Å². The second-order valence-corrected chi connectivity index (χ2v) is 11.3. The maximum atomic E-state index is 14.3. The summed E-state index contributed by atoms with van der Waals surface area (Å²) >= 11 is 0. The van der Waals surface area contributed by atoms with E-state index in [0.717, 1.165) is 73.6 Å². The second-order valence-electron chi connectivity index (χ2n) is 11.3. The number of methoxy groups -OCH3 is 1. The highest BCUT2D eigenvalue weighted by atomic mass is 19.4. The van der Waals surface area contributed by atoms with Crippen LogP contribution in [0.5, 0.6) is 11.6 Å². The number of carbonyl (C=O) groups is 1. The van der Waals surface area contributed by atoms with Gasteiger partial charge in [-0.15, -0.1) is 4.91 Å². The molecule has 2 aromatic carbocycles. The van der Waals surface area contributed by atoms with Crippen molar-refractivity contribution in [1.29, 1.82) is 0 Å². The van der Waals surface area contributed by atoms with Gasteiger partial charge >= 0.3 is 12.1 Å². The highest BCUT2D eigenvalue weighted by molar-refractivity contribution is 5.97. The average Bonchev–Trinajstić information content (AvgIpc) is 3.52. The number of pyridine rings is 1. The molecule has 0 bridgehead atoms. The molecule has 2 aliphatic rings. The van der Waals surface area contributed by atoms with Gasteiger partial charge in [-0.3, -0.25) is 9.69 Å². The van der Waals surface area contributed by atoms with Crippen LogP contribution in [0.15, 0.2) is 59.9 Å². The van der Waals surface area contributed by atoms with E-state index >= 15 is 0 Å². The summed E-state index contributed by atoms with van der Waals surface area (Å²) < 4.78 is 60.9. The molecule has 240 valence electrons. The molecule has 13 heteroatoms. The largest absolute Gasteiger partial charge is 0.488 e. The molecule has 4 aromatic rings. The molecule has 0 radical (unpaired) electrons. The first-order chi connectivity index (χ1) is 22.2. The first kappa shape index (κ1) is 31.4. The summed E-state index contributed by atoms with van der Waals surface area (Å²) in [5.74, 6) is -1.38. The number of fused-ring (bicyclic) bond motifs is 1. The van der Waals surface area contributed by atoms with Crippen molar-refractivity contribution in [2.75, 3.05) is 26.9 Å². The molecule has 0 unspecified atom stereocenters. The number of amides is 1. The molecule has 2 aliphatic heterocycles. The van der Waals surface area contributed by atoms with Crippen LogP contribution in [0, 0.1) is 11.8 Å². The van der Waals surface area contributed by atoms with Crippen molar-refractivity contribution in [2.24, 2.45) is 5.18 Å². The van der Waals surface area contributed by atoms with Crippen LogP contribution in [0.3, 0.4) is 0 Å². The van der Waals surface area contributed by atoms with E-state index in [1.807, 2.05) is 13.0 Å². The Morgan fingerprint density at radius 3 is 2.63 bits per heavy atom. The Balaban J connectivity index is 1.31. The minimum atomic E-state index is -4.69. The van der Waals surface area contributed by atoms with Crippen molar-refractivity contribution in [3.63, 3.8) is 0 Å². The van der Waals surface area contributed by atoms with E-state index in [9.17, 15) is 22.9 Å². The molecule has 0 N–H and O–H groups in total. The first-order valence-corrected chi connectivity index (χ1v) is 14.9. The molecule has 0 aliphatic carbocycles. The third kappa shape index (κ3) is 6.12. The lowest BCUT2D eigenvalue weighted by Crippen LogP contribution is -2.42. The van der Waals surface area contributed by atoms with Gasteiger partial charge in [-0.2, -0.15) is 23.0 Å². The molecule has 0 saturated carbocycles. The third-order valence-corrected chi connectivity index (χ3v) is 8.69. The monoisotopic (exact) mass is 635 g/mol. The van der Waals surface area contributed by atoms with Gasteiger partial charge in [0.05, 0.1) is 24.6 Å². The molecule has 6 rings (SSSR count). The van der Waals surface area contributed by atoms with E-state index in [4.69, 9.17) is 14.2 Å². The van der Waals surface area contributed by atoms with Crippen LogP contribution in [-0.2, 0) is 30.5 Å². The van der Waals surface area contributed by atoms with Gasteiger partial charge in [-0.05, 0) is 72.7 Å². The zero-order chi connectivity index (χ0) is 32.4. The second kappa shape index (κ2) is 13.0. The molecule has 4 heterocycles. The predicted octanol–water partition coefficient (Wildman–Crippen LogP) is 6.29. The van der Waals surface area contributed by atoms with Crippen LogP contribution in [-0.4, -0.2) is 58.5 Å². The normalized spacial score (nSPS) is 15.8. The fourth-order valence-electron chi connectivity index (χ4n) is 6.28. The minimum Gasteiger partial charge on any atom is -0.488 e. The molecule has 2 aromatic heterocycles. The van der Waals surface area contributed by atoms with E-state index in [2.05, 4.69) is 26.2 Å². The number of alkyl halides is 3. The van der Waals surface area contributed by atoms with Crippen molar-refractivity contribution < 1.29 is 32.2 Å². The smallest absolute Gasteiger partial charge is 0.419 e. The number of benzene rings is 2. The zero-order valence-corrected chi connectivity index (χ0v) is 25.3. The molecule has 0 atom stereocenters. The zero-order valence-electron chi connectivity index (χ0n) is 25.3. The Labute approximate surface area is 263 Å². The Hall–Kier alpha value is -4.62. The number of hydrogen-bond donors (Lipinski definition) is 0. The molecular weight excluding hydrogens is 603 g/mol. The number of carbonyl (C=O) groups excluding carboxylic acids is 1. The van der Waals surface area contributed by atoms with Crippen molar-refractivity contribution in [1.82, 2.24) is 19.7 Å². The standard InChI is InChI=1S/C33H32F3N5O5/c1-20-22(10-9-21-18-40(14-11-24(20)21)23-12-15-45-16-13-23)19-46-30-25(5-3-6-27(30)33(34,35)36)28-7-4-8-29(38-28)41-32(44-2)26(17-37-41)31(42)39-43/h3-10,17,23H,11-16,18-19H2,1-2H3. The number of halogens is 3. The summed E-state index contributed by atoms with van der Waals surface area (Å²) in [6, 6.07) is 13.0. The highest BCUT2D eigenvalue weighted by Gasteiger charge is 2.36. The predicted molar refractivity (Wildman–Crippen MR) is 162 cm³/mol. The number of ether oxygens (including phenoxy) is 3. The van der Waals surface area contributed by atoms with Crippen LogP contribution >= 0.6 is 0 Å². The summed E-state index contributed by atoms with van der Waals surface area (Å²) in [4.78, 5) is 29.8. The van der Waals surface area contributed by atoms with Gasteiger partial charge in [-0.25, -0.2) is 4.98 Å². The van der Waals surface area contributed by atoms with Gasteiger partial charge in [0.25, 0.3) is 0 Å². The van der Waals surface area contributed by atoms with Crippen LogP contribution in [0.25, 0.3) is 17.1 Å². The van der Waals surface area contributed by atoms with Gasteiger partial charge in [0, 0.05) is 43.1 Å². The Kier molecular flexibility index (Phi) is 8.87. The first-order valence-electron chi connectivity index (χ1n) is 14.9. The highest BCUT2D eigenvalue weighted by Crippen LogP contribution is 2.42. The van der Waals surface area contributed by atoms with E-state index in [0.29, 0.717) is 6.04 Å². The topological polar surface area (TPSA) is 108 Å². The fraction of sp³-hybridized carbons (Fsp3) is 0.364. The number of nitroso groups, excluding NO2 is 1. The summed E-state index contributed by atoms with van der Waals surface area (Å²) in [6.45, 7) is 5.26. The molecule has 0 spiro atoms. The number of nitrogens with zero attached hydrogens (tertiary/aromatic N) is 5. The summed E-state index contributed by atoms with van der Waals surface area (Å²) in [5.41, 5.74) is 3.48. The molecule has 1 fully saturated rings. The Morgan fingerprint density at radius 1 is 1.11 bits per heavy atom. The van der Waals surface area contributed by atoms with Crippen LogP contribution in [0.4, 0.5) is 13.2 Å². The molecule has 1 amide bonds. The maximum Gasteiger partial charge on any atom is 0.419 e. The lowest BCUT2D eigenvalue weighted by molar-refractivity contribution is -0.139. The molecule has 46 heavy (non-hydrogen) atoms. The fourth-order valence-corrected chi connectivity index (χ4v) is 6.28. The van der Waals surface area contributed by atoms with E-state index in [-0.39, 0.29) is 40.9 Å². The maximum absolute atomic E-state index is 14.3. The summed E-state index contributed by atoms with van der Waals surface area (Å²) in [7, 11) is 1.28. The lowest BCUT2D eigenvalue weighted by atomic mass is 9.90. The summed E-state index contributed by atoms with van der Waals surface area (Å²) in [5, 5.41) is 6.49. The SMILES string of the molecule is COc1c(C(=O)N=O)cnn1-c1cccc(-c2cccc(C(F)(F)F)c2OCc2ccc3c(c2C)CCN(C2CCOCC2)C3)n1. The van der Waals surface area contributed by atoms with E-state index in [1.54, 1.807) is 12.1 Å². The van der Waals surface area contributed by atoms with Crippen molar-refractivity contribution >= 4 is 5.91 Å². The third-order valence-electron chi connectivity index (χ3n) is 8.69. The molecule has 1 saturated heterocycles. The molecule has 10 nitrogen and oxygen atoms in total. The van der Waals surface area contributed by atoms with E-state index in [1.165, 1.54) is 36.4 Å². The van der Waals surface area contributed by atoms with E-state index < -0.39 is 17.6 Å². The number of para-hydroxylation sites is 1. The molecular formula is C33H32F3N5O5. The van der Waals surface area contributed by atoms with Crippen molar-refractivity contribution in [3.8, 4) is 28.7 Å². The Bertz CT molecular complexity index is 1770. The van der Waals surface area contributed by atoms with Gasteiger partial charge in [0.1, 0.15) is 17.9 Å².